The van der Waals surface area contributed by atoms with Crippen LogP contribution >= 0.6 is 0 Å². The van der Waals surface area contributed by atoms with E-state index in [0.717, 1.165) is 0 Å². The number of rotatable bonds is 4. The van der Waals surface area contributed by atoms with E-state index < -0.39 is 0 Å². The Morgan fingerprint density at radius 2 is 2.15 bits per heavy atom. The molecule has 0 aliphatic carbocycles. The van der Waals surface area contributed by atoms with Crippen molar-refractivity contribution in [3.05, 3.63) is 64.8 Å². The largest absolute Gasteiger partial charge is 0.483 e. The number of furan rings is 1. The summed E-state index contributed by atoms with van der Waals surface area (Å²) in [5.74, 6) is 2.38. The minimum absolute atomic E-state index is 0.132. The molecule has 3 aromatic heterocycles. The summed E-state index contributed by atoms with van der Waals surface area (Å²) in [5, 5.41) is 2.97. The maximum absolute atomic E-state index is 12.3. The molecule has 0 unspecified atom stereocenters. The predicted molar refractivity (Wildman–Crippen MR) is 90.4 cm³/mol. The van der Waals surface area contributed by atoms with Crippen LogP contribution in [-0.4, -0.2) is 21.4 Å². The van der Waals surface area contributed by atoms with Gasteiger partial charge >= 0.3 is 0 Å². The van der Waals surface area contributed by atoms with Gasteiger partial charge in [-0.1, -0.05) is 6.07 Å². The number of aromatic amines is 1. The van der Waals surface area contributed by atoms with Crippen LogP contribution in [0.1, 0.15) is 5.69 Å². The first kappa shape index (κ1) is 14.6. The highest BCUT2D eigenvalue weighted by molar-refractivity contribution is 5.59. The molecule has 4 heterocycles. The first-order chi connectivity index (χ1) is 12.8. The molecular weight excluding hydrogens is 338 g/mol. The van der Waals surface area contributed by atoms with E-state index in [1.165, 1.54) is 10.6 Å². The number of nitrogens with one attached hydrogen (secondary N) is 1. The minimum atomic E-state index is -0.232. The Morgan fingerprint density at radius 1 is 1.19 bits per heavy atom. The number of para-hydroxylation sites is 1. The van der Waals surface area contributed by atoms with E-state index >= 15 is 0 Å². The van der Waals surface area contributed by atoms with E-state index in [-0.39, 0.29) is 19.0 Å². The fourth-order valence-electron chi connectivity index (χ4n) is 2.84. The molecule has 26 heavy (non-hydrogen) atoms. The number of fused-ring (bicyclic) bond motifs is 2. The lowest BCUT2D eigenvalue weighted by Crippen LogP contribution is -2.16. The Hall–Kier alpha value is -3.68. The van der Waals surface area contributed by atoms with Crippen molar-refractivity contribution in [2.45, 2.75) is 6.61 Å². The molecule has 0 saturated heterocycles. The first-order valence-electron chi connectivity index (χ1n) is 7.95. The summed E-state index contributed by atoms with van der Waals surface area (Å²) < 4.78 is 23.2. The molecular formula is C18H13N3O5. The van der Waals surface area contributed by atoms with Crippen molar-refractivity contribution < 1.29 is 18.6 Å². The van der Waals surface area contributed by atoms with Crippen molar-refractivity contribution >= 4 is 5.65 Å². The molecule has 8 nitrogen and oxygen atoms in total. The van der Waals surface area contributed by atoms with Crippen molar-refractivity contribution in [1.29, 1.82) is 0 Å². The van der Waals surface area contributed by atoms with Crippen molar-refractivity contribution in [2.24, 2.45) is 0 Å². The Labute approximate surface area is 146 Å². The minimum Gasteiger partial charge on any atom is -0.483 e. The zero-order valence-electron chi connectivity index (χ0n) is 13.5. The van der Waals surface area contributed by atoms with Crippen LogP contribution < -0.4 is 19.8 Å². The van der Waals surface area contributed by atoms with Gasteiger partial charge in [-0.15, -0.1) is 0 Å². The van der Waals surface area contributed by atoms with Gasteiger partial charge in [0.05, 0.1) is 12.0 Å². The van der Waals surface area contributed by atoms with Gasteiger partial charge in [0.2, 0.25) is 12.5 Å². The average Bonchev–Trinajstić information content (AvgIpc) is 3.38. The van der Waals surface area contributed by atoms with Crippen LogP contribution in [0, 0.1) is 0 Å². The SMILES string of the molecule is O=c1cc(COc2cccc3c2OCO3)nc2cc(-c3ccco3)[nH]n12. The molecule has 4 aromatic rings. The summed E-state index contributed by atoms with van der Waals surface area (Å²) in [6.45, 7) is 0.299. The molecule has 0 spiro atoms. The van der Waals surface area contributed by atoms with Gasteiger partial charge in [0.25, 0.3) is 5.56 Å². The number of hydrogen-bond donors (Lipinski definition) is 1. The van der Waals surface area contributed by atoms with Crippen molar-refractivity contribution in [3.8, 4) is 28.7 Å². The molecule has 0 bridgehead atoms. The highest BCUT2D eigenvalue weighted by atomic mass is 16.7. The summed E-state index contributed by atoms with van der Waals surface area (Å²) in [5.41, 5.74) is 1.44. The second-order valence-electron chi connectivity index (χ2n) is 5.71. The van der Waals surface area contributed by atoms with Gasteiger partial charge in [-0.25, -0.2) is 9.50 Å². The summed E-state index contributed by atoms with van der Waals surface area (Å²) in [6, 6.07) is 12.2. The average molecular weight is 351 g/mol. The van der Waals surface area contributed by atoms with Crippen molar-refractivity contribution in [2.75, 3.05) is 6.79 Å². The van der Waals surface area contributed by atoms with Gasteiger partial charge in [0.15, 0.2) is 22.9 Å². The second-order valence-corrected chi connectivity index (χ2v) is 5.71. The molecule has 0 amide bonds. The summed E-state index contributed by atoms with van der Waals surface area (Å²) in [6.07, 6.45) is 1.57. The molecule has 5 rings (SSSR count). The molecule has 0 saturated carbocycles. The third kappa shape index (κ3) is 2.39. The number of H-pyrrole nitrogens is 1. The summed E-state index contributed by atoms with van der Waals surface area (Å²) in [7, 11) is 0. The lowest BCUT2D eigenvalue weighted by molar-refractivity contribution is 0.169. The van der Waals surface area contributed by atoms with Gasteiger partial charge in [0, 0.05) is 12.1 Å². The molecule has 0 radical (unpaired) electrons. The van der Waals surface area contributed by atoms with Crippen LogP contribution in [0.5, 0.6) is 17.2 Å². The van der Waals surface area contributed by atoms with E-state index in [1.54, 1.807) is 30.5 Å². The zero-order chi connectivity index (χ0) is 17.5. The fourth-order valence-corrected chi connectivity index (χ4v) is 2.84. The molecule has 1 aliphatic rings. The maximum atomic E-state index is 12.3. The van der Waals surface area contributed by atoms with Crippen molar-refractivity contribution in [1.82, 2.24) is 14.6 Å². The van der Waals surface area contributed by atoms with Crippen LogP contribution in [0.3, 0.4) is 0 Å². The smallest absolute Gasteiger partial charge is 0.273 e. The lowest BCUT2D eigenvalue weighted by atomic mass is 10.3. The fraction of sp³-hybridized carbons (Fsp3) is 0.111. The number of hydrogen-bond acceptors (Lipinski definition) is 6. The predicted octanol–water partition coefficient (Wildman–Crippen LogP) is 2.59. The third-order valence-electron chi connectivity index (χ3n) is 4.03. The highest BCUT2D eigenvalue weighted by Gasteiger charge is 2.18. The first-order valence-corrected chi connectivity index (χ1v) is 7.95. The molecule has 1 aromatic carbocycles. The topological polar surface area (TPSA) is 91.0 Å². The van der Waals surface area contributed by atoms with Crippen LogP contribution in [0.25, 0.3) is 17.1 Å². The third-order valence-corrected chi connectivity index (χ3v) is 4.03. The Morgan fingerprint density at radius 3 is 3.04 bits per heavy atom. The Bertz CT molecular complexity index is 1140. The van der Waals surface area contributed by atoms with Gasteiger partial charge in [-0.05, 0) is 24.3 Å². The van der Waals surface area contributed by atoms with E-state index in [4.69, 9.17) is 18.6 Å². The van der Waals surface area contributed by atoms with Gasteiger partial charge in [0.1, 0.15) is 12.3 Å². The van der Waals surface area contributed by atoms with E-state index in [1.807, 2.05) is 12.1 Å². The van der Waals surface area contributed by atoms with Gasteiger partial charge in [-0.3, -0.25) is 9.89 Å². The highest BCUT2D eigenvalue weighted by Crippen LogP contribution is 2.40. The molecule has 0 fully saturated rings. The van der Waals surface area contributed by atoms with Gasteiger partial charge < -0.3 is 18.6 Å². The Balaban J connectivity index is 1.45. The van der Waals surface area contributed by atoms with E-state index in [9.17, 15) is 4.79 Å². The molecule has 8 heteroatoms. The quantitative estimate of drug-likeness (QED) is 0.608. The zero-order valence-corrected chi connectivity index (χ0v) is 13.5. The second kappa shape index (κ2) is 5.69. The van der Waals surface area contributed by atoms with Crippen LogP contribution in [0.4, 0.5) is 0 Å². The van der Waals surface area contributed by atoms with Crippen LogP contribution in [0.15, 0.2) is 57.9 Å². The summed E-state index contributed by atoms with van der Waals surface area (Å²) in [4.78, 5) is 16.8. The Kier molecular flexibility index (Phi) is 3.21. The lowest BCUT2D eigenvalue weighted by Gasteiger charge is -2.08. The van der Waals surface area contributed by atoms with Crippen molar-refractivity contribution in [3.63, 3.8) is 0 Å². The summed E-state index contributed by atoms with van der Waals surface area (Å²) >= 11 is 0. The number of nitrogens with zero attached hydrogens (tertiary/aromatic N) is 2. The monoisotopic (exact) mass is 351 g/mol. The van der Waals surface area contributed by atoms with Gasteiger partial charge in [-0.2, -0.15) is 0 Å². The number of ether oxygens (including phenoxy) is 3. The molecule has 1 aliphatic heterocycles. The van der Waals surface area contributed by atoms with Crippen LogP contribution in [0.2, 0.25) is 0 Å². The molecule has 0 atom stereocenters. The standard InChI is InChI=1S/C18H13N3O5/c22-17-7-11(9-24-14-3-1-4-15-18(14)26-10-25-15)19-16-8-12(20-21(16)17)13-5-2-6-23-13/h1-8,20H,9-10H2. The van der Waals surface area contributed by atoms with E-state index in [0.29, 0.717) is 40.0 Å². The maximum Gasteiger partial charge on any atom is 0.273 e. The number of benzene rings is 1. The molecule has 130 valence electrons. The van der Waals surface area contributed by atoms with E-state index in [2.05, 4.69) is 10.1 Å². The normalized spacial score (nSPS) is 12.6. The number of aromatic nitrogens is 3. The van der Waals surface area contributed by atoms with Crippen LogP contribution in [-0.2, 0) is 6.61 Å². The molecule has 1 N–H and O–H groups in total.